The van der Waals surface area contributed by atoms with E-state index in [2.05, 4.69) is 25.3 Å². The van der Waals surface area contributed by atoms with Crippen LogP contribution in [0.25, 0.3) is 0 Å². The number of esters is 1. The molecular formula is C22H28O3. The number of ether oxygens (including phenoxy) is 2. The summed E-state index contributed by atoms with van der Waals surface area (Å²) in [6, 6.07) is 5.98. The van der Waals surface area contributed by atoms with Crippen molar-refractivity contribution in [1.29, 1.82) is 0 Å². The summed E-state index contributed by atoms with van der Waals surface area (Å²) < 4.78 is 10.5. The minimum Gasteiger partial charge on any atom is -0.497 e. The van der Waals surface area contributed by atoms with Gasteiger partial charge in [0.1, 0.15) is 5.75 Å². The first-order valence-corrected chi connectivity index (χ1v) is 8.83. The molecule has 2 rings (SSSR count). The number of aryl methyl sites for hydroxylation is 1. The zero-order chi connectivity index (χ0) is 18.4. The highest BCUT2D eigenvalue weighted by molar-refractivity contribution is 5.79. The second-order valence-corrected chi connectivity index (χ2v) is 6.69. The van der Waals surface area contributed by atoms with Crippen molar-refractivity contribution in [3.05, 3.63) is 41.5 Å². The Morgan fingerprint density at radius 3 is 2.76 bits per heavy atom. The molecule has 1 aliphatic carbocycles. The summed E-state index contributed by atoms with van der Waals surface area (Å²) in [5, 5.41) is 0. The molecule has 0 fully saturated rings. The SMILES string of the molecule is C=C(C)C(CCC#CC)[C@H]1CCc2cc(OC)ccc2[C@H]1C(=O)OC. The van der Waals surface area contributed by atoms with Crippen LogP contribution in [-0.2, 0) is 16.0 Å². The molecule has 0 aromatic heterocycles. The van der Waals surface area contributed by atoms with Gasteiger partial charge in [-0.15, -0.1) is 11.8 Å². The van der Waals surface area contributed by atoms with Gasteiger partial charge in [-0.05, 0) is 68.2 Å². The van der Waals surface area contributed by atoms with E-state index < -0.39 is 0 Å². The fourth-order valence-electron chi connectivity index (χ4n) is 3.99. The van der Waals surface area contributed by atoms with E-state index >= 15 is 0 Å². The van der Waals surface area contributed by atoms with E-state index in [4.69, 9.17) is 9.47 Å². The maximum atomic E-state index is 12.6. The van der Waals surface area contributed by atoms with Gasteiger partial charge in [-0.25, -0.2) is 0 Å². The maximum Gasteiger partial charge on any atom is 0.313 e. The van der Waals surface area contributed by atoms with Gasteiger partial charge in [0, 0.05) is 6.42 Å². The van der Waals surface area contributed by atoms with Gasteiger partial charge in [-0.3, -0.25) is 4.79 Å². The summed E-state index contributed by atoms with van der Waals surface area (Å²) >= 11 is 0. The van der Waals surface area contributed by atoms with Gasteiger partial charge in [0.05, 0.1) is 20.1 Å². The van der Waals surface area contributed by atoms with Crippen LogP contribution in [0, 0.1) is 23.7 Å². The molecule has 0 aliphatic heterocycles. The molecule has 1 unspecified atom stereocenters. The molecule has 3 atom stereocenters. The van der Waals surface area contributed by atoms with Gasteiger partial charge < -0.3 is 9.47 Å². The van der Waals surface area contributed by atoms with Crippen molar-refractivity contribution in [3.8, 4) is 17.6 Å². The number of carbonyl (C=O) groups excluding carboxylic acids is 1. The molecule has 25 heavy (non-hydrogen) atoms. The highest BCUT2D eigenvalue weighted by Gasteiger charge is 2.40. The van der Waals surface area contributed by atoms with E-state index in [-0.39, 0.29) is 23.7 Å². The van der Waals surface area contributed by atoms with Crippen molar-refractivity contribution >= 4 is 5.97 Å². The molecule has 3 nitrogen and oxygen atoms in total. The third kappa shape index (κ3) is 4.25. The van der Waals surface area contributed by atoms with E-state index in [0.29, 0.717) is 0 Å². The number of allylic oxidation sites excluding steroid dienone is 1. The molecular weight excluding hydrogens is 312 g/mol. The number of carbonyl (C=O) groups is 1. The van der Waals surface area contributed by atoms with Gasteiger partial charge in [0.25, 0.3) is 0 Å². The zero-order valence-electron chi connectivity index (χ0n) is 15.7. The van der Waals surface area contributed by atoms with E-state index in [1.54, 1.807) is 7.11 Å². The number of benzene rings is 1. The largest absolute Gasteiger partial charge is 0.497 e. The Morgan fingerprint density at radius 1 is 1.40 bits per heavy atom. The number of rotatable bonds is 6. The van der Waals surface area contributed by atoms with Crippen molar-refractivity contribution in [2.75, 3.05) is 14.2 Å². The van der Waals surface area contributed by atoms with Crippen LogP contribution >= 0.6 is 0 Å². The lowest BCUT2D eigenvalue weighted by atomic mass is 9.67. The minimum absolute atomic E-state index is 0.163. The van der Waals surface area contributed by atoms with E-state index in [1.807, 2.05) is 25.1 Å². The van der Waals surface area contributed by atoms with Crippen LogP contribution in [0.15, 0.2) is 30.4 Å². The summed E-state index contributed by atoms with van der Waals surface area (Å²) in [5.41, 5.74) is 3.37. The van der Waals surface area contributed by atoms with Gasteiger partial charge in [0.2, 0.25) is 0 Å². The molecule has 1 aromatic rings. The molecule has 0 N–H and O–H groups in total. The Labute approximate surface area is 151 Å². The summed E-state index contributed by atoms with van der Waals surface area (Å²) in [6.45, 7) is 8.11. The van der Waals surface area contributed by atoms with Crippen LogP contribution in [0.2, 0.25) is 0 Å². The molecule has 0 spiro atoms. The molecule has 0 amide bonds. The van der Waals surface area contributed by atoms with Gasteiger partial charge >= 0.3 is 5.97 Å². The van der Waals surface area contributed by atoms with E-state index in [0.717, 1.165) is 42.6 Å². The van der Waals surface area contributed by atoms with Crippen molar-refractivity contribution in [3.63, 3.8) is 0 Å². The highest BCUT2D eigenvalue weighted by Crippen LogP contribution is 2.45. The molecule has 0 radical (unpaired) electrons. The Kier molecular flexibility index (Phi) is 6.70. The third-order valence-electron chi connectivity index (χ3n) is 5.22. The monoisotopic (exact) mass is 340 g/mol. The molecule has 134 valence electrons. The van der Waals surface area contributed by atoms with E-state index in [1.165, 1.54) is 12.7 Å². The van der Waals surface area contributed by atoms with Crippen molar-refractivity contribution in [2.24, 2.45) is 11.8 Å². The summed E-state index contributed by atoms with van der Waals surface area (Å²) in [4.78, 5) is 12.6. The zero-order valence-corrected chi connectivity index (χ0v) is 15.7. The van der Waals surface area contributed by atoms with Gasteiger partial charge in [-0.2, -0.15) is 0 Å². The highest BCUT2D eigenvalue weighted by atomic mass is 16.5. The first-order chi connectivity index (χ1) is 12.0. The maximum absolute atomic E-state index is 12.6. The van der Waals surface area contributed by atoms with Crippen molar-refractivity contribution < 1.29 is 14.3 Å². The number of methoxy groups -OCH3 is 2. The fraction of sp³-hybridized carbons (Fsp3) is 0.500. The minimum atomic E-state index is -0.254. The van der Waals surface area contributed by atoms with Crippen LogP contribution in [-0.4, -0.2) is 20.2 Å². The third-order valence-corrected chi connectivity index (χ3v) is 5.22. The smallest absolute Gasteiger partial charge is 0.313 e. The van der Waals surface area contributed by atoms with Crippen LogP contribution < -0.4 is 4.74 Å². The van der Waals surface area contributed by atoms with Crippen molar-refractivity contribution in [2.45, 2.75) is 45.4 Å². The first-order valence-electron chi connectivity index (χ1n) is 8.83. The molecule has 0 saturated heterocycles. The van der Waals surface area contributed by atoms with Gasteiger partial charge in [-0.1, -0.05) is 18.2 Å². The molecule has 3 heteroatoms. The lowest BCUT2D eigenvalue weighted by Gasteiger charge is -2.37. The quantitative estimate of drug-likeness (QED) is 0.434. The van der Waals surface area contributed by atoms with Crippen LogP contribution in [0.5, 0.6) is 5.75 Å². The predicted molar refractivity (Wildman–Crippen MR) is 101 cm³/mol. The van der Waals surface area contributed by atoms with Crippen LogP contribution in [0.1, 0.15) is 50.2 Å². The second-order valence-electron chi connectivity index (χ2n) is 6.69. The number of hydrogen-bond donors (Lipinski definition) is 0. The molecule has 0 bridgehead atoms. The Balaban J connectivity index is 2.40. The standard InChI is InChI=1S/C22H28O3/c1-6-7-8-9-18(15(2)3)20-12-10-16-14-17(24-4)11-13-19(16)21(20)22(23)25-5/h11,13-14,18,20-21H,2,8-10,12H2,1,3-5H3/t18?,20-,21-/m1/s1. The first kappa shape index (κ1) is 19.1. The topological polar surface area (TPSA) is 35.5 Å². The Morgan fingerprint density at radius 2 is 2.16 bits per heavy atom. The van der Waals surface area contributed by atoms with Crippen molar-refractivity contribution in [1.82, 2.24) is 0 Å². The van der Waals surface area contributed by atoms with Gasteiger partial charge in [0.15, 0.2) is 0 Å². The molecule has 1 aliphatic rings. The summed E-state index contributed by atoms with van der Waals surface area (Å²) in [6.07, 6.45) is 3.64. The summed E-state index contributed by atoms with van der Waals surface area (Å²) in [7, 11) is 3.13. The molecule has 0 saturated carbocycles. The lowest BCUT2D eigenvalue weighted by molar-refractivity contribution is -0.144. The average molecular weight is 340 g/mol. The Hall–Kier alpha value is -2.21. The summed E-state index contributed by atoms with van der Waals surface area (Å²) in [5.74, 6) is 6.97. The van der Waals surface area contributed by atoms with Crippen LogP contribution in [0.3, 0.4) is 0 Å². The second kappa shape index (κ2) is 8.76. The predicted octanol–water partition coefficient (Wildman–Crippen LogP) is 4.51. The van der Waals surface area contributed by atoms with Crippen LogP contribution in [0.4, 0.5) is 0 Å². The Bertz CT molecular complexity index is 693. The lowest BCUT2D eigenvalue weighted by Crippen LogP contribution is -2.33. The number of hydrogen-bond acceptors (Lipinski definition) is 3. The average Bonchev–Trinajstić information content (AvgIpc) is 2.63. The normalized spacial score (nSPS) is 19.8. The van der Waals surface area contributed by atoms with E-state index in [9.17, 15) is 4.79 Å². The molecule has 1 aromatic carbocycles. The molecule has 0 heterocycles. The number of fused-ring (bicyclic) bond motifs is 1. The fourth-order valence-corrected chi connectivity index (χ4v) is 3.99.